The molecule has 5 nitrogen and oxygen atoms in total. The maximum Gasteiger partial charge on any atom is 0.253 e. The summed E-state index contributed by atoms with van der Waals surface area (Å²) in [6.07, 6.45) is 5.04. The molecule has 2 heterocycles. The topological polar surface area (TPSA) is 59.0 Å². The molecule has 4 aromatic rings. The largest absolute Gasteiger partial charge is 0.383 e. The van der Waals surface area contributed by atoms with Gasteiger partial charge in [-0.1, -0.05) is 36.4 Å². The Bertz CT molecular complexity index is 1190. The summed E-state index contributed by atoms with van der Waals surface area (Å²) in [4.78, 5) is 16.8. The van der Waals surface area contributed by atoms with E-state index >= 15 is 0 Å². The highest BCUT2D eigenvalue weighted by atomic mass is 16.5. The number of carbonyl (C=O) groups excluding carboxylic acids is 1. The third-order valence-corrected chi connectivity index (χ3v) is 5.99. The minimum Gasteiger partial charge on any atom is -0.383 e. The van der Waals surface area contributed by atoms with E-state index < -0.39 is 0 Å². The van der Waals surface area contributed by atoms with Crippen molar-refractivity contribution in [1.29, 1.82) is 0 Å². The van der Waals surface area contributed by atoms with E-state index in [4.69, 9.17) is 4.74 Å². The van der Waals surface area contributed by atoms with Crippen molar-refractivity contribution < 1.29 is 9.53 Å². The Kier molecular flexibility index (Phi) is 4.60. The number of hydrogen-bond acceptors (Lipinski definition) is 2. The Balaban J connectivity index is 1.47. The zero-order valence-corrected chi connectivity index (χ0v) is 16.6. The smallest absolute Gasteiger partial charge is 0.253 e. The average Bonchev–Trinajstić information content (AvgIpc) is 3.32. The third kappa shape index (κ3) is 3.12. The van der Waals surface area contributed by atoms with Crippen LogP contribution >= 0.6 is 0 Å². The van der Waals surface area contributed by atoms with Crippen LogP contribution in [0.25, 0.3) is 21.8 Å². The van der Waals surface area contributed by atoms with Gasteiger partial charge in [-0.25, -0.2) is 0 Å². The van der Waals surface area contributed by atoms with Crippen molar-refractivity contribution in [2.45, 2.75) is 31.8 Å². The molecule has 0 fully saturated rings. The van der Waals surface area contributed by atoms with E-state index in [9.17, 15) is 4.79 Å². The first kappa shape index (κ1) is 18.0. The molecule has 5 heteroatoms. The fourth-order valence-electron chi connectivity index (χ4n) is 4.60. The van der Waals surface area contributed by atoms with Gasteiger partial charge in [0.1, 0.15) is 0 Å². The molecule has 2 aromatic carbocycles. The van der Waals surface area contributed by atoms with Crippen LogP contribution in [0, 0.1) is 0 Å². The van der Waals surface area contributed by atoms with Crippen molar-refractivity contribution in [3.8, 4) is 0 Å². The highest BCUT2D eigenvalue weighted by Crippen LogP contribution is 2.35. The van der Waals surface area contributed by atoms with Crippen LogP contribution in [0.5, 0.6) is 0 Å². The first-order chi connectivity index (χ1) is 14.3. The Hall–Kier alpha value is -3.05. The van der Waals surface area contributed by atoms with Crippen LogP contribution in [0.3, 0.4) is 0 Å². The van der Waals surface area contributed by atoms with E-state index in [0.29, 0.717) is 6.61 Å². The summed E-state index contributed by atoms with van der Waals surface area (Å²) in [5.41, 5.74) is 5.44. The Labute approximate surface area is 169 Å². The molecule has 0 aliphatic heterocycles. The average molecular weight is 387 g/mol. The van der Waals surface area contributed by atoms with Gasteiger partial charge in [0, 0.05) is 47.4 Å². The number of aromatic amines is 1. The minimum atomic E-state index is -0.0196. The van der Waals surface area contributed by atoms with Gasteiger partial charge in [0.25, 0.3) is 5.91 Å². The molecular weight excluding hydrogens is 362 g/mol. The van der Waals surface area contributed by atoms with Gasteiger partial charge in [-0.15, -0.1) is 0 Å². The number of hydrogen-bond donors (Lipinski definition) is 2. The second kappa shape index (κ2) is 7.41. The number of H-pyrrole nitrogens is 1. The maximum absolute atomic E-state index is 13.3. The Morgan fingerprint density at radius 3 is 2.83 bits per heavy atom. The lowest BCUT2D eigenvalue weighted by Crippen LogP contribution is -2.31. The van der Waals surface area contributed by atoms with Crippen LogP contribution in [0.4, 0.5) is 0 Å². The molecule has 148 valence electrons. The number of ether oxygens (including phenoxy) is 1. The number of nitrogens with zero attached hydrogens (tertiary/aromatic N) is 1. The summed E-state index contributed by atoms with van der Waals surface area (Å²) in [5.74, 6) is -0.0196. The predicted molar refractivity (Wildman–Crippen MR) is 115 cm³/mol. The van der Waals surface area contributed by atoms with Crippen molar-refractivity contribution in [2.75, 3.05) is 13.7 Å². The molecule has 1 amide bonds. The molecule has 5 rings (SSSR count). The van der Waals surface area contributed by atoms with Gasteiger partial charge in [-0.05, 0) is 37.0 Å². The number of rotatable bonds is 5. The van der Waals surface area contributed by atoms with Crippen LogP contribution < -0.4 is 5.32 Å². The summed E-state index contributed by atoms with van der Waals surface area (Å²) >= 11 is 0. The molecule has 2 aromatic heterocycles. The molecule has 2 N–H and O–H groups in total. The SMILES string of the molecule is COCCn1cc(C(=O)NC2CCCc3c2[nH]c2ccccc32)c2ccccc21. The molecule has 0 saturated carbocycles. The number of amides is 1. The summed E-state index contributed by atoms with van der Waals surface area (Å²) in [6.45, 7) is 1.33. The predicted octanol–water partition coefficient (Wildman–Crippen LogP) is 4.58. The van der Waals surface area contributed by atoms with Gasteiger partial charge in [-0.3, -0.25) is 4.79 Å². The zero-order chi connectivity index (χ0) is 19.8. The lowest BCUT2D eigenvalue weighted by atomic mass is 9.91. The number of aromatic nitrogens is 2. The normalized spacial score (nSPS) is 16.2. The van der Waals surface area contributed by atoms with Crippen molar-refractivity contribution in [3.63, 3.8) is 0 Å². The Morgan fingerprint density at radius 2 is 1.97 bits per heavy atom. The quantitative estimate of drug-likeness (QED) is 0.527. The summed E-state index contributed by atoms with van der Waals surface area (Å²) in [6, 6.07) is 16.5. The van der Waals surface area contributed by atoms with E-state index in [2.05, 4.69) is 39.1 Å². The van der Waals surface area contributed by atoms with Crippen molar-refractivity contribution >= 4 is 27.7 Å². The molecule has 0 spiro atoms. The van der Waals surface area contributed by atoms with Crippen LogP contribution in [0.1, 0.15) is 40.5 Å². The molecule has 1 atom stereocenters. The van der Waals surface area contributed by atoms with E-state index in [-0.39, 0.29) is 11.9 Å². The van der Waals surface area contributed by atoms with Gasteiger partial charge in [0.2, 0.25) is 0 Å². The first-order valence-corrected chi connectivity index (χ1v) is 10.2. The second-order valence-corrected chi connectivity index (χ2v) is 7.73. The number of benzene rings is 2. The summed E-state index contributed by atoms with van der Waals surface area (Å²) < 4.78 is 7.33. The van der Waals surface area contributed by atoms with Crippen LogP contribution in [-0.2, 0) is 17.7 Å². The standard InChI is InChI=1S/C24H25N3O2/c1-29-14-13-27-15-19(17-8-3-5-12-22(17)27)24(28)26-21-11-6-9-18-16-7-2-4-10-20(16)25-23(18)21/h2-5,7-8,10,12,15,21,25H,6,9,11,13-14H2,1H3,(H,26,28). The van der Waals surface area contributed by atoms with Crippen LogP contribution in [0.2, 0.25) is 0 Å². The number of para-hydroxylation sites is 2. The van der Waals surface area contributed by atoms with Gasteiger partial charge in [-0.2, -0.15) is 0 Å². The number of nitrogens with one attached hydrogen (secondary N) is 2. The van der Waals surface area contributed by atoms with Crippen molar-refractivity contribution in [1.82, 2.24) is 14.9 Å². The molecule has 0 bridgehead atoms. The minimum absolute atomic E-state index is 0.0136. The van der Waals surface area contributed by atoms with Crippen LogP contribution in [0.15, 0.2) is 54.7 Å². The number of aryl methyl sites for hydroxylation is 1. The molecule has 1 aliphatic rings. The molecule has 0 saturated heterocycles. The molecule has 29 heavy (non-hydrogen) atoms. The fourth-order valence-corrected chi connectivity index (χ4v) is 4.60. The first-order valence-electron chi connectivity index (χ1n) is 10.2. The van der Waals surface area contributed by atoms with Gasteiger partial charge < -0.3 is 19.6 Å². The lowest BCUT2D eigenvalue weighted by molar-refractivity contribution is 0.0933. The Morgan fingerprint density at radius 1 is 1.17 bits per heavy atom. The zero-order valence-electron chi connectivity index (χ0n) is 16.6. The highest BCUT2D eigenvalue weighted by Gasteiger charge is 2.26. The number of carbonyl (C=O) groups is 1. The molecular formula is C24H25N3O2. The second-order valence-electron chi connectivity index (χ2n) is 7.73. The molecule has 0 radical (unpaired) electrons. The van der Waals surface area contributed by atoms with Gasteiger partial charge in [0.15, 0.2) is 0 Å². The molecule has 1 unspecified atom stereocenters. The highest BCUT2D eigenvalue weighted by molar-refractivity contribution is 6.07. The number of methoxy groups -OCH3 is 1. The number of fused-ring (bicyclic) bond motifs is 4. The van der Waals surface area contributed by atoms with Gasteiger partial charge >= 0.3 is 0 Å². The maximum atomic E-state index is 13.3. The fraction of sp³-hybridized carbons (Fsp3) is 0.292. The third-order valence-electron chi connectivity index (χ3n) is 5.99. The van der Waals surface area contributed by atoms with E-state index in [0.717, 1.165) is 53.5 Å². The van der Waals surface area contributed by atoms with E-state index in [1.165, 1.54) is 10.9 Å². The van der Waals surface area contributed by atoms with Crippen LogP contribution in [-0.4, -0.2) is 29.2 Å². The van der Waals surface area contributed by atoms with Crippen molar-refractivity contribution in [2.24, 2.45) is 0 Å². The van der Waals surface area contributed by atoms with E-state index in [1.807, 2.05) is 30.5 Å². The molecule has 1 aliphatic carbocycles. The summed E-state index contributed by atoms with van der Waals surface area (Å²) in [5, 5.41) is 5.56. The summed E-state index contributed by atoms with van der Waals surface area (Å²) in [7, 11) is 1.69. The van der Waals surface area contributed by atoms with E-state index in [1.54, 1.807) is 7.11 Å². The van der Waals surface area contributed by atoms with Crippen molar-refractivity contribution in [3.05, 3.63) is 71.5 Å². The monoisotopic (exact) mass is 387 g/mol. The lowest BCUT2D eigenvalue weighted by Gasteiger charge is -2.23. The van der Waals surface area contributed by atoms with Gasteiger partial charge in [0.05, 0.1) is 18.2 Å².